The lowest BCUT2D eigenvalue weighted by Gasteiger charge is -2.41. The zero-order valence-electron chi connectivity index (χ0n) is 13.0. The largest absolute Gasteiger partial charge is 0.373 e. The second-order valence-electron chi connectivity index (χ2n) is 6.19. The van der Waals surface area contributed by atoms with E-state index in [1.165, 1.54) is 28.5 Å². The van der Waals surface area contributed by atoms with Crippen LogP contribution in [0.3, 0.4) is 0 Å². The highest BCUT2D eigenvalue weighted by molar-refractivity contribution is 7.17. The summed E-state index contributed by atoms with van der Waals surface area (Å²) >= 11 is 1.84. The first-order valence-electron chi connectivity index (χ1n) is 8.08. The van der Waals surface area contributed by atoms with Gasteiger partial charge in [-0.3, -0.25) is 0 Å². The van der Waals surface area contributed by atoms with Crippen molar-refractivity contribution in [2.24, 2.45) is 0 Å². The average Bonchev–Trinajstić information content (AvgIpc) is 2.97. The van der Waals surface area contributed by atoms with Gasteiger partial charge in [-0.15, -0.1) is 11.3 Å². The van der Waals surface area contributed by atoms with Crippen LogP contribution in [0.25, 0.3) is 10.1 Å². The third-order valence-electron chi connectivity index (χ3n) is 4.53. The lowest BCUT2D eigenvalue weighted by atomic mass is 9.83. The molecule has 2 aromatic rings. The van der Waals surface area contributed by atoms with Crippen LogP contribution in [-0.2, 0) is 4.74 Å². The quantitative estimate of drug-likeness (QED) is 0.848. The van der Waals surface area contributed by atoms with E-state index in [1.54, 1.807) is 0 Å². The van der Waals surface area contributed by atoms with Crippen LogP contribution in [0, 0.1) is 0 Å². The van der Waals surface area contributed by atoms with Gasteiger partial charge in [0.25, 0.3) is 0 Å². The monoisotopic (exact) mass is 303 g/mol. The number of benzene rings is 1. The molecule has 0 amide bonds. The fourth-order valence-corrected chi connectivity index (χ4v) is 4.32. The Kier molecular flexibility index (Phi) is 4.63. The van der Waals surface area contributed by atoms with Gasteiger partial charge in [0.15, 0.2) is 0 Å². The molecular weight excluding hydrogens is 278 g/mol. The van der Waals surface area contributed by atoms with E-state index in [0.29, 0.717) is 0 Å². The van der Waals surface area contributed by atoms with Crippen molar-refractivity contribution in [2.45, 2.75) is 51.2 Å². The first-order chi connectivity index (χ1) is 10.2. The average molecular weight is 303 g/mol. The first kappa shape index (κ1) is 15.0. The minimum atomic E-state index is -0.0916. The zero-order valence-corrected chi connectivity index (χ0v) is 13.8. The van der Waals surface area contributed by atoms with Crippen molar-refractivity contribution in [3.63, 3.8) is 0 Å². The molecule has 0 radical (unpaired) electrons. The third-order valence-corrected chi connectivity index (χ3v) is 5.51. The minimum Gasteiger partial charge on any atom is -0.373 e. The maximum Gasteiger partial charge on any atom is 0.0848 e. The number of thiophene rings is 1. The summed E-state index contributed by atoms with van der Waals surface area (Å²) in [6, 6.07) is 9.15. The van der Waals surface area contributed by atoms with E-state index in [1.807, 2.05) is 11.3 Å². The Hall–Kier alpha value is -0.900. The van der Waals surface area contributed by atoms with Gasteiger partial charge in [-0.2, -0.15) is 0 Å². The van der Waals surface area contributed by atoms with Gasteiger partial charge in [-0.05, 0) is 61.5 Å². The molecule has 0 spiro atoms. The van der Waals surface area contributed by atoms with Crippen LogP contribution >= 0.6 is 11.3 Å². The number of hydrogen-bond acceptors (Lipinski definition) is 3. The van der Waals surface area contributed by atoms with E-state index in [2.05, 4.69) is 48.8 Å². The molecule has 3 rings (SSSR count). The SMILES string of the molecule is CCCNC(c1cccc2ccsc12)C1(C)CCCCO1. The highest BCUT2D eigenvalue weighted by atomic mass is 32.1. The van der Waals surface area contributed by atoms with Crippen molar-refractivity contribution in [3.8, 4) is 0 Å². The molecule has 114 valence electrons. The Morgan fingerprint density at radius 3 is 3.00 bits per heavy atom. The summed E-state index contributed by atoms with van der Waals surface area (Å²) in [5, 5.41) is 7.30. The van der Waals surface area contributed by atoms with E-state index < -0.39 is 0 Å². The van der Waals surface area contributed by atoms with Crippen LogP contribution in [0.5, 0.6) is 0 Å². The fourth-order valence-electron chi connectivity index (χ4n) is 3.37. The maximum absolute atomic E-state index is 6.25. The van der Waals surface area contributed by atoms with Gasteiger partial charge >= 0.3 is 0 Å². The molecular formula is C18H25NOS. The molecule has 3 heteroatoms. The van der Waals surface area contributed by atoms with Crippen molar-refractivity contribution >= 4 is 21.4 Å². The summed E-state index contributed by atoms with van der Waals surface area (Å²) < 4.78 is 7.65. The van der Waals surface area contributed by atoms with Gasteiger partial charge in [-0.25, -0.2) is 0 Å². The molecule has 2 atom stereocenters. The fraction of sp³-hybridized carbons (Fsp3) is 0.556. The van der Waals surface area contributed by atoms with Crippen LogP contribution in [-0.4, -0.2) is 18.8 Å². The molecule has 1 aliphatic heterocycles. The van der Waals surface area contributed by atoms with Crippen LogP contribution in [0.1, 0.15) is 51.1 Å². The molecule has 2 unspecified atom stereocenters. The second kappa shape index (κ2) is 6.47. The first-order valence-corrected chi connectivity index (χ1v) is 8.96. The Morgan fingerprint density at radius 2 is 2.24 bits per heavy atom. The van der Waals surface area contributed by atoms with Gasteiger partial charge in [0.1, 0.15) is 0 Å². The van der Waals surface area contributed by atoms with E-state index >= 15 is 0 Å². The lowest BCUT2D eigenvalue weighted by Crippen LogP contribution is -2.46. The molecule has 1 N–H and O–H groups in total. The van der Waals surface area contributed by atoms with E-state index in [0.717, 1.165) is 26.0 Å². The molecule has 0 saturated carbocycles. The minimum absolute atomic E-state index is 0.0916. The van der Waals surface area contributed by atoms with Crippen LogP contribution in [0.2, 0.25) is 0 Å². The summed E-state index contributed by atoms with van der Waals surface area (Å²) in [4.78, 5) is 0. The maximum atomic E-state index is 6.25. The third kappa shape index (κ3) is 3.01. The van der Waals surface area contributed by atoms with Crippen LogP contribution in [0.4, 0.5) is 0 Å². The molecule has 0 bridgehead atoms. The smallest absolute Gasteiger partial charge is 0.0848 e. The Labute approximate surface area is 131 Å². The lowest BCUT2D eigenvalue weighted by molar-refractivity contribution is -0.0894. The zero-order chi connectivity index (χ0) is 14.7. The summed E-state index contributed by atoms with van der Waals surface area (Å²) in [6.45, 7) is 6.43. The van der Waals surface area contributed by atoms with Gasteiger partial charge in [0.05, 0.1) is 11.6 Å². The van der Waals surface area contributed by atoms with E-state index in [-0.39, 0.29) is 11.6 Å². The van der Waals surface area contributed by atoms with Crippen molar-refractivity contribution in [3.05, 3.63) is 35.2 Å². The molecule has 1 fully saturated rings. The summed E-state index contributed by atoms with van der Waals surface area (Å²) in [5.74, 6) is 0. The highest BCUT2D eigenvalue weighted by Gasteiger charge is 2.38. The van der Waals surface area contributed by atoms with Gasteiger partial charge in [0.2, 0.25) is 0 Å². The molecule has 1 aromatic heterocycles. The summed E-state index contributed by atoms with van der Waals surface area (Å²) in [6.07, 6.45) is 4.74. The topological polar surface area (TPSA) is 21.3 Å². The molecule has 21 heavy (non-hydrogen) atoms. The Morgan fingerprint density at radius 1 is 1.33 bits per heavy atom. The van der Waals surface area contributed by atoms with Crippen molar-refractivity contribution in [2.75, 3.05) is 13.2 Å². The second-order valence-corrected chi connectivity index (χ2v) is 7.11. The van der Waals surface area contributed by atoms with Gasteiger partial charge < -0.3 is 10.1 Å². The molecule has 2 nitrogen and oxygen atoms in total. The van der Waals surface area contributed by atoms with Crippen LogP contribution in [0.15, 0.2) is 29.6 Å². The molecule has 1 saturated heterocycles. The normalized spacial score (nSPS) is 24.3. The molecule has 1 aromatic carbocycles. The summed E-state index contributed by atoms with van der Waals surface area (Å²) in [7, 11) is 0. The van der Waals surface area contributed by atoms with Crippen molar-refractivity contribution in [1.29, 1.82) is 0 Å². The summed E-state index contributed by atoms with van der Waals surface area (Å²) in [5.41, 5.74) is 1.31. The Balaban J connectivity index is 2.00. The number of hydrogen-bond donors (Lipinski definition) is 1. The van der Waals surface area contributed by atoms with Crippen molar-refractivity contribution in [1.82, 2.24) is 5.32 Å². The molecule has 2 heterocycles. The highest BCUT2D eigenvalue weighted by Crippen LogP contribution is 2.40. The van der Waals surface area contributed by atoms with E-state index in [4.69, 9.17) is 4.74 Å². The number of rotatable bonds is 5. The Bertz CT molecular complexity index is 586. The van der Waals surface area contributed by atoms with Gasteiger partial charge in [-0.1, -0.05) is 25.1 Å². The standard InChI is InChI=1S/C18H25NOS/c1-3-11-19-17(18(2)10-4-5-12-20-18)15-8-6-7-14-9-13-21-16(14)15/h6-9,13,17,19H,3-5,10-12H2,1-2H3. The molecule has 1 aliphatic rings. The van der Waals surface area contributed by atoms with Crippen LogP contribution < -0.4 is 5.32 Å². The van der Waals surface area contributed by atoms with E-state index in [9.17, 15) is 0 Å². The van der Waals surface area contributed by atoms with Gasteiger partial charge in [0, 0.05) is 11.3 Å². The number of fused-ring (bicyclic) bond motifs is 1. The predicted molar refractivity (Wildman–Crippen MR) is 91.1 cm³/mol. The predicted octanol–water partition coefficient (Wildman–Crippen LogP) is 4.90. The number of nitrogens with one attached hydrogen (secondary N) is 1. The van der Waals surface area contributed by atoms with Crippen molar-refractivity contribution < 1.29 is 4.74 Å². The number of ether oxygens (including phenoxy) is 1. The molecule has 0 aliphatic carbocycles.